The molecular formula is C15H15Cl3N2O2. The van der Waals surface area contributed by atoms with E-state index in [4.69, 9.17) is 43.8 Å². The number of nitrogen functional groups attached to an aromatic ring is 1. The lowest BCUT2D eigenvalue weighted by atomic mass is 10.1. The van der Waals surface area contributed by atoms with Crippen LogP contribution in [0.1, 0.15) is 11.1 Å². The second-order valence-corrected chi connectivity index (χ2v) is 5.12. The number of ether oxygens (including phenoxy) is 2. The zero-order chi connectivity index (χ0) is 15.4. The average molecular weight is 362 g/mol. The Morgan fingerprint density at radius 2 is 1.95 bits per heavy atom. The quantitative estimate of drug-likeness (QED) is 0.616. The van der Waals surface area contributed by atoms with Crippen molar-refractivity contribution in [3.05, 3.63) is 57.6 Å². The highest BCUT2D eigenvalue weighted by atomic mass is 35.5. The highest BCUT2D eigenvalue weighted by molar-refractivity contribution is 6.35. The van der Waals surface area contributed by atoms with Crippen molar-refractivity contribution in [3.63, 3.8) is 0 Å². The van der Waals surface area contributed by atoms with E-state index in [1.165, 1.54) is 7.11 Å². The largest absolute Gasteiger partial charge is 0.493 e. The molecule has 0 heterocycles. The van der Waals surface area contributed by atoms with Crippen LogP contribution in [0.4, 0.5) is 0 Å². The van der Waals surface area contributed by atoms with Gasteiger partial charge in [-0.1, -0.05) is 35.3 Å². The molecule has 3 N–H and O–H groups in total. The smallest absolute Gasteiger partial charge is 0.172 e. The van der Waals surface area contributed by atoms with Gasteiger partial charge in [-0.2, -0.15) is 0 Å². The maximum Gasteiger partial charge on any atom is 0.172 e. The molecule has 0 aliphatic carbocycles. The summed E-state index contributed by atoms with van der Waals surface area (Å²) in [5.74, 6) is 0.831. The van der Waals surface area contributed by atoms with E-state index >= 15 is 0 Å². The van der Waals surface area contributed by atoms with E-state index in [-0.39, 0.29) is 24.8 Å². The first-order valence-electron chi connectivity index (χ1n) is 6.11. The molecule has 0 aromatic heterocycles. The fourth-order valence-corrected chi connectivity index (χ4v) is 2.29. The van der Waals surface area contributed by atoms with Gasteiger partial charge in [0, 0.05) is 15.6 Å². The number of benzene rings is 2. The van der Waals surface area contributed by atoms with Gasteiger partial charge in [0.15, 0.2) is 11.5 Å². The molecule has 0 radical (unpaired) electrons. The number of methoxy groups -OCH3 is 1. The van der Waals surface area contributed by atoms with Gasteiger partial charge in [0.1, 0.15) is 12.4 Å². The van der Waals surface area contributed by atoms with Crippen LogP contribution in [0.5, 0.6) is 11.5 Å². The second kappa shape index (κ2) is 8.13. The van der Waals surface area contributed by atoms with Crippen molar-refractivity contribution in [1.82, 2.24) is 0 Å². The van der Waals surface area contributed by atoms with Crippen LogP contribution in [0.15, 0.2) is 36.4 Å². The summed E-state index contributed by atoms with van der Waals surface area (Å²) < 4.78 is 11.0. The first-order chi connectivity index (χ1) is 10.0. The van der Waals surface area contributed by atoms with E-state index in [1.54, 1.807) is 36.4 Å². The Labute approximate surface area is 145 Å². The minimum atomic E-state index is -0.0916. The molecule has 0 fully saturated rings. The molecule has 118 valence electrons. The van der Waals surface area contributed by atoms with E-state index in [9.17, 15) is 0 Å². The predicted octanol–water partition coefficient (Wildman–Crippen LogP) is 4.29. The summed E-state index contributed by atoms with van der Waals surface area (Å²) in [6.45, 7) is 0.219. The molecule has 0 unspecified atom stereocenters. The molecule has 22 heavy (non-hydrogen) atoms. The lowest BCUT2D eigenvalue weighted by Gasteiger charge is -2.15. The zero-order valence-corrected chi connectivity index (χ0v) is 14.1. The molecule has 0 bridgehead atoms. The predicted molar refractivity (Wildman–Crippen MR) is 92.1 cm³/mol. The van der Waals surface area contributed by atoms with Gasteiger partial charge in [-0.15, -0.1) is 12.4 Å². The van der Waals surface area contributed by atoms with Crippen LogP contribution in [0, 0.1) is 5.41 Å². The summed E-state index contributed by atoms with van der Waals surface area (Å²) in [6, 6.07) is 10.4. The van der Waals surface area contributed by atoms with Crippen LogP contribution in [0.2, 0.25) is 10.0 Å². The van der Waals surface area contributed by atoms with Crippen molar-refractivity contribution < 1.29 is 9.47 Å². The lowest BCUT2D eigenvalue weighted by molar-refractivity contribution is 0.284. The SMILES string of the molecule is COc1cccc(C(=N)N)c1OCc1ccc(Cl)cc1Cl.Cl. The molecule has 0 saturated carbocycles. The summed E-state index contributed by atoms with van der Waals surface area (Å²) in [6.07, 6.45) is 0. The molecule has 2 aromatic rings. The van der Waals surface area contributed by atoms with Crippen molar-refractivity contribution in [1.29, 1.82) is 5.41 Å². The molecule has 0 spiro atoms. The van der Waals surface area contributed by atoms with Crippen LogP contribution in [0.25, 0.3) is 0 Å². The number of amidine groups is 1. The van der Waals surface area contributed by atoms with Crippen LogP contribution in [0.3, 0.4) is 0 Å². The number of halogens is 3. The second-order valence-electron chi connectivity index (χ2n) is 4.28. The number of nitrogens with one attached hydrogen (secondary N) is 1. The standard InChI is InChI=1S/C15H14Cl2N2O2.ClH/c1-20-13-4-2-3-11(15(18)19)14(13)21-8-9-5-6-10(16)7-12(9)17;/h2-7H,8H2,1H3,(H3,18,19);1H. The topological polar surface area (TPSA) is 68.3 Å². The fourth-order valence-electron chi connectivity index (χ4n) is 1.83. The van der Waals surface area contributed by atoms with Crippen LogP contribution >= 0.6 is 35.6 Å². The highest BCUT2D eigenvalue weighted by Gasteiger charge is 2.13. The molecule has 4 nitrogen and oxygen atoms in total. The van der Waals surface area contributed by atoms with Crippen molar-refractivity contribution in [2.75, 3.05) is 7.11 Å². The van der Waals surface area contributed by atoms with E-state index in [2.05, 4.69) is 0 Å². The van der Waals surface area contributed by atoms with Crippen molar-refractivity contribution in [3.8, 4) is 11.5 Å². The maximum atomic E-state index is 7.60. The summed E-state index contributed by atoms with van der Waals surface area (Å²) in [5.41, 5.74) is 6.81. The monoisotopic (exact) mass is 360 g/mol. The van der Waals surface area contributed by atoms with Crippen molar-refractivity contribution in [2.45, 2.75) is 6.61 Å². The summed E-state index contributed by atoms with van der Waals surface area (Å²) >= 11 is 12.0. The summed E-state index contributed by atoms with van der Waals surface area (Å²) in [5, 5.41) is 8.68. The van der Waals surface area contributed by atoms with Crippen molar-refractivity contribution in [2.24, 2.45) is 5.73 Å². The highest BCUT2D eigenvalue weighted by Crippen LogP contribution is 2.32. The minimum absolute atomic E-state index is 0. The Morgan fingerprint density at radius 1 is 1.23 bits per heavy atom. The first kappa shape index (κ1) is 18.4. The molecule has 0 aliphatic heterocycles. The Balaban J connectivity index is 0.00000242. The molecule has 7 heteroatoms. The Bertz CT molecular complexity index is 678. The van der Waals surface area contributed by atoms with E-state index in [0.29, 0.717) is 27.1 Å². The number of hydrogen-bond donors (Lipinski definition) is 2. The zero-order valence-electron chi connectivity index (χ0n) is 11.7. The molecule has 2 aromatic carbocycles. The molecule has 2 rings (SSSR count). The molecule has 0 amide bonds. The maximum absolute atomic E-state index is 7.60. The van der Waals surface area contributed by atoms with Gasteiger partial charge in [-0.25, -0.2) is 0 Å². The number of nitrogens with two attached hydrogens (primary N) is 1. The van der Waals surface area contributed by atoms with Gasteiger partial charge in [-0.3, -0.25) is 5.41 Å². The van der Waals surface area contributed by atoms with Gasteiger partial charge in [0.2, 0.25) is 0 Å². The third kappa shape index (κ3) is 4.19. The fraction of sp³-hybridized carbons (Fsp3) is 0.133. The normalized spacial score (nSPS) is 9.77. The Morgan fingerprint density at radius 3 is 2.55 bits per heavy atom. The summed E-state index contributed by atoms with van der Waals surface area (Å²) in [7, 11) is 1.53. The van der Waals surface area contributed by atoms with Gasteiger partial charge in [-0.05, 0) is 24.3 Å². The van der Waals surface area contributed by atoms with Gasteiger partial charge >= 0.3 is 0 Å². The number of hydrogen-bond acceptors (Lipinski definition) is 3. The third-order valence-corrected chi connectivity index (χ3v) is 3.46. The Hall–Kier alpha value is -1.62. The van der Waals surface area contributed by atoms with Gasteiger partial charge in [0.25, 0.3) is 0 Å². The van der Waals surface area contributed by atoms with Crippen LogP contribution < -0.4 is 15.2 Å². The van der Waals surface area contributed by atoms with Crippen LogP contribution in [-0.4, -0.2) is 12.9 Å². The van der Waals surface area contributed by atoms with E-state index < -0.39 is 0 Å². The molecule has 0 atom stereocenters. The summed E-state index contributed by atoms with van der Waals surface area (Å²) in [4.78, 5) is 0. The lowest BCUT2D eigenvalue weighted by Crippen LogP contribution is -2.13. The molecule has 0 aliphatic rings. The number of rotatable bonds is 5. The minimum Gasteiger partial charge on any atom is -0.493 e. The van der Waals surface area contributed by atoms with Gasteiger partial charge < -0.3 is 15.2 Å². The van der Waals surface area contributed by atoms with E-state index in [1.807, 2.05) is 0 Å². The van der Waals surface area contributed by atoms with Crippen molar-refractivity contribution >= 4 is 41.4 Å². The van der Waals surface area contributed by atoms with E-state index in [0.717, 1.165) is 5.56 Å². The van der Waals surface area contributed by atoms with Crippen LogP contribution in [-0.2, 0) is 6.61 Å². The van der Waals surface area contributed by atoms with Gasteiger partial charge in [0.05, 0.1) is 12.7 Å². The average Bonchev–Trinajstić information content (AvgIpc) is 2.45. The first-order valence-corrected chi connectivity index (χ1v) is 6.86. The number of para-hydroxylation sites is 1. The Kier molecular flexibility index (Phi) is 6.81. The molecule has 0 saturated heterocycles. The third-order valence-electron chi connectivity index (χ3n) is 2.88. The molecular weight excluding hydrogens is 347 g/mol.